The molecule has 1 aliphatic rings. The van der Waals surface area contributed by atoms with Gasteiger partial charge in [0.2, 0.25) is 0 Å². The summed E-state index contributed by atoms with van der Waals surface area (Å²) in [6.45, 7) is 1.87. The van der Waals surface area contributed by atoms with E-state index in [1.165, 1.54) is 0 Å². The van der Waals surface area contributed by atoms with Crippen LogP contribution in [0.15, 0.2) is 24.3 Å². The number of hydrogen-bond acceptors (Lipinski definition) is 2. The van der Waals surface area contributed by atoms with Crippen molar-refractivity contribution >= 4 is 11.6 Å². The number of rotatable bonds is 4. The summed E-state index contributed by atoms with van der Waals surface area (Å²) in [6.07, 6.45) is 4.09. The Morgan fingerprint density at radius 2 is 2.24 bits per heavy atom. The second-order valence-electron chi connectivity index (χ2n) is 4.74. The Morgan fingerprint density at radius 1 is 1.41 bits per heavy atom. The molecule has 1 unspecified atom stereocenters. The van der Waals surface area contributed by atoms with Gasteiger partial charge in [-0.05, 0) is 30.9 Å². The lowest BCUT2D eigenvalue weighted by atomic mass is 9.95. The first-order chi connectivity index (χ1) is 8.20. The summed E-state index contributed by atoms with van der Waals surface area (Å²) in [5, 5.41) is 0. The number of benzene rings is 1. The fraction of sp³-hybridized carbons (Fsp3) is 0.467. The molecule has 2 heteroatoms. The summed E-state index contributed by atoms with van der Waals surface area (Å²) in [6, 6.07) is 7.72. The fourth-order valence-corrected chi connectivity index (χ4v) is 2.46. The number of hydrogen-bond donors (Lipinski definition) is 0. The zero-order chi connectivity index (χ0) is 12.3. The van der Waals surface area contributed by atoms with E-state index < -0.39 is 0 Å². The zero-order valence-corrected chi connectivity index (χ0v) is 10.2. The Hall–Kier alpha value is -1.44. The molecule has 2 rings (SSSR count). The quantitative estimate of drug-likeness (QED) is 0.744. The van der Waals surface area contributed by atoms with E-state index in [4.69, 9.17) is 0 Å². The molecule has 1 aliphatic carbocycles. The van der Waals surface area contributed by atoms with Gasteiger partial charge >= 0.3 is 0 Å². The highest BCUT2D eigenvalue weighted by Crippen LogP contribution is 2.25. The third-order valence-electron chi connectivity index (χ3n) is 3.48. The van der Waals surface area contributed by atoms with Crippen molar-refractivity contribution in [3.63, 3.8) is 0 Å². The van der Waals surface area contributed by atoms with Gasteiger partial charge in [-0.2, -0.15) is 0 Å². The van der Waals surface area contributed by atoms with Gasteiger partial charge in [-0.3, -0.25) is 9.59 Å². The molecule has 90 valence electrons. The molecule has 0 spiro atoms. The van der Waals surface area contributed by atoms with Crippen LogP contribution in [0.25, 0.3) is 0 Å². The maximum absolute atomic E-state index is 11.6. The molecule has 0 N–H and O–H groups in total. The Morgan fingerprint density at radius 3 is 2.88 bits per heavy atom. The number of carbonyl (C=O) groups excluding carboxylic acids is 2. The largest absolute Gasteiger partial charge is 0.299 e. The van der Waals surface area contributed by atoms with Crippen molar-refractivity contribution in [1.82, 2.24) is 0 Å². The van der Waals surface area contributed by atoms with Crippen LogP contribution in [0.3, 0.4) is 0 Å². The lowest BCUT2D eigenvalue weighted by Gasteiger charge is -2.08. The summed E-state index contributed by atoms with van der Waals surface area (Å²) < 4.78 is 0. The summed E-state index contributed by atoms with van der Waals surface area (Å²) in [7, 11) is 0. The van der Waals surface area contributed by atoms with Gasteiger partial charge in [0.05, 0.1) is 0 Å². The molecule has 17 heavy (non-hydrogen) atoms. The average Bonchev–Trinajstić information content (AvgIpc) is 2.74. The summed E-state index contributed by atoms with van der Waals surface area (Å²) in [5.41, 5.74) is 1.89. The van der Waals surface area contributed by atoms with E-state index in [0.717, 1.165) is 36.8 Å². The van der Waals surface area contributed by atoms with Gasteiger partial charge < -0.3 is 0 Å². The Labute approximate surface area is 102 Å². The second kappa shape index (κ2) is 5.26. The van der Waals surface area contributed by atoms with E-state index in [2.05, 4.69) is 0 Å². The highest BCUT2D eigenvalue weighted by Gasteiger charge is 2.24. The van der Waals surface area contributed by atoms with E-state index in [9.17, 15) is 9.59 Å². The third kappa shape index (κ3) is 2.82. The van der Waals surface area contributed by atoms with Crippen molar-refractivity contribution in [2.75, 3.05) is 0 Å². The molecule has 0 amide bonds. The molecule has 0 radical (unpaired) electrons. The van der Waals surface area contributed by atoms with Crippen LogP contribution in [0.2, 0.25) is 0 Å². The van der Waals surface area contributed by atoms with Gasteiger partial charge in [-0.1, -0.05) is 25.1 Å². The van der Waals surface area contributed by atoms with Crippen LogP contribution in [0.1, 0.15) is 48.5 Å². The summed E-state index contributed by atoms with van der Waals surface area (Å²) >= 11 is 0. The summed E-state index contributed by atoms with van der Waals surface area (Å²) in [4.78, 5) is 23.2. The molecule has 1 aromatic carbocycles. The predicted molar refractivity (Wildman–Crippen MR) is 67.1 cm³/mol. The van der Waals surface area contributed by atoms with Crippen molar-refractivity contribution in [3.05, 3.63) is 35.4 Å². The average molecular weight is 230 g/mol. The van der Waals surface area contributed by atoms with Crippen LogP contribution in [0.5, 0.6) is 0 Å². The fourth-order valence-electron chi connectivity index (χ4n) is 2.46. The zero-order valence-electron chi connectivity index (χ0n) is 10.2. The lowest BCUT2D eigenvalue weighted by molar-refractivity contribution is -0.120. The minimum Gasteiger partial charge on any atom is -0.299 e. The third-order valence-corrected chi connectivity index (χ3v) is 3.48. The first-order valence-electron chi connectivity index (χ1n) is 6.35. The number of carbonyl (C=O) groups is 2. The topological polar surface area (TPSA) is 34.1 Å². The lowest BCUT2D eigenvalue weighted by Crippen LogP contribution is -2.10. The Balaban J connectivity index is 2.11. The highest BCUT2D eigenvalue weighted by molar-refractivity contribution is 5.96. The molecule has 1 saturated carbocycles. The number of ketones is 2. The molecule has 0 aliphatic heterocycles. The summed E-state index contributed by atoms with van der Waals surface area (Å²) in [5.74, 6) is 0.740. The molecule has 0 heterocycles. The van der Waals surface area contributed by atoms with Crippen LogP contribution in [0, 0.1) is 5.92 Å². The van der Waals surface area contributed by atoms with Gasteiger partial charge in [0.25, 0.3) is 0 Å². The first kappa shape index (κ1) is 12.0. The SMILES string of the molecule is CCC(=O)c1cccc(CC2CCCC2=O)c1. The molecular formula is C15H18O2. The maximum Gasteiger partial charge on any atom is 0.162 e. The minimum absolute atomic E-state index is 0.171. The molecule has 1 aromatic rings. The van der Waals surface area contributed by atoms with Crippen molar-refractivity contribution in [2.45, 2.75) is 39.0 Å². The molecule has 2 nitrogen and oxygen atoms in total. The van der Waals surface area contributed by atoms with Crippen LogP contribution in [0.4, 0.5) is 0 Å². The van der Waals surface area contributed by atoms with E-state index in [-0.39, 0.29) is 11.7 Å². The van der Waals surface area contributed by atoms with Gasteiger partial charge in [-0.15, -0.1) is 0 Å². The molecular weight excluding hydrogens is 212 g/mol. The van der Waals surface area contributed by atoms with Crippen molar-refractivity contribution in [1.29, 1.82) is 0 Å². The molecule has 0 aromatic heterocycles. The monoisotopic (exact) mass is 230 g/mol. The van der Waals surface area contributed by atoms with Crippen LogP contribution in [-0.2, 0) is 11.2 Å². The molecule has 0 saturated heterocycles. The standard InChI is InChI=1S/C15H18O2/c1-2-14(16)12-6-3-5-11(9-12)10-13-7-4-8-15(13)17/h3,5-6,9,13H,2,4,7-8,10H2,1H3. The maximum atomic E-state index is 11.6. The smallest absolute Gasteiger partial charge is 0.162 e. The highest BCUT2D eigenvalue weighted by atomic mass is 16.1. The Bertz CT molecular complexity index is 434. The van der Waals surface area contributed by atoms with Crippen molar-refractivity contribution in [2.24, 2.45) is 5.92 Å². The second-order valence-corrected chi connectivity index (χ2v) is 4.74. The van der Waals surface area contributed by atoms with Gasteiger partial charge in [0, 0.05) is 24.3 Å². The van der Waals surface area contributed by atoms with Crippen LogP contribution < -0.4 is 0 Å². The molecule has 0 bridgehead atoms. The van der Waals surface area contributed by atoms with E-state index in [1.807, 2.05) is 31.2 Å². The van der Waals surface area contributed by atoms with Gasteiger partial charge in [0.1, 0.15) is 5.78 Å². The molecule has 1 fully saturated rings. The minimum atomic E-state index is 0.171. The van der Waals surface area contributed by atoms with Gasteiger partial charge in [-0.25, -0.2) is 0 Å². The van der Waals surface area contributed by atoms with E-state index in [0.29, 0.717) is 12.2 Å². The first-order valence-corrected chi connectivity index (χ1v) is 6.35. The predicted octanol–water partition coefficient (Wildman–Crippen LogP) is 3.19. The Kier molecular flexibility index (Phi) is 3.72. The molecule has 1 atom stereocenters. The van der Waals surface area contributed by atoms with Crippen molar-refractivity contribution in [3.8, 4) is 0 Å². The van der Waals surface area contributed by atoms with Crippen molar-refractivity contribution < 1.29 is 9.59 Å². The van der Waals surface area contributed by atoms with Crippen LogP contribution >= 0.6 is 0 Å². The van der Waals surface area contributed by atoms with E-state index in [1.54, 1.807) is 0 Å². The van der Waals surface area contributed by atoms with E-state index >= 15 is 0 Å². The van der Waals surface area contributed by atoms with Crippen LogP contribution in [-0.4, -0.2) is 11.6 Å². The van der Waals surface area contributed by atoms with Gasteiger partial charge in [0.15, 0.2) is 5.78 Å². The number of Topliss-reactive ketones (excluding diaryl/α,β-unsaturated/α-hetero) is 2. The normalized spacial score (nSPS) is 19.6.